The van der Waals surface area contributed by atoms with Gasteiger partial charge in [-0.2, -0.15) is 0 Å². The zero-order valence-corrected chi connectivity index (χ0v) is 13.1. The van der Waals surface area contributed by atoms with Crippen molar-refractivity contribution >= 4 is 17.5 Å². The molecule has 0 N–H and O–H groups in total. The molecule has 1 amide bonds. The highest BCUT2D eigenvalue weighted by atomic mass is 35.5. The Balaban J connectivity index is 1.91. The van der Waals surface area contributed by atoms with Crippen molar-refractivity contribution in [2.45, 2.75) is 27.2 Å². The maximum absolute atomic E-state index is 12.2. The smallest absolute Gasteiger partial charge is 0.260 e. The van der Waals surface area contributed by atoms with Gasteiger partial charge >= 0.3 is 0 Å². The molecule has 1 fully saturated rings. The highest BCUT2D eigenvalue weighted by Crippen LogP contribution is 2.23. The van der Waals surface area contributed by atoms with Crippen molar-refractivity contribution in [3.63, 3.8) is 0 Å². The molecule has 1 aliphatic rings. The molecular weight excluding hydrogens is 274 g/mol. The molecule has 1 saturated heterocycles. The molecule has 2 rings (SSSR count). The van der Waals surface area contributed by atoms with Crippen molar-refractivity contribution in [2.24, 2.45) is 11.8 Å². The number of likely N-dealkylation sites (tertiary alicyclic amines) is 1. The van der Waals surface area contributed by atoms with Crippen LogP contribution >= 0.6 is 11.6 Å². The van der Waals surface area contributed by atoms with Crippen LogP contribution in [0, 0.1) is 18.8 Å². The molecule has 1 heterocycles. The summed E-state index contributed by atoms with van der Waals surface area (Å²) in [5, 5.41) is 0.680. The number of aryl methyl sites for hydroxylation is 1. The summed E-state index contributed by atoms with van der Waals surface area (Å²) in [6.07, 6.45) is 1.20. The van der Waals surface area contributed by atoms with Crippen molar-refractivity contribution in [3.05, 3.63) is 28.8 Å². The van der Waals surface area contributed by atoms with E-state index < -0.39 is 0 Å². The molecule has 0 spiro atoms. The van der Waals surface area contributed by atoms with Crippen LogP contribution in [0.5, 0.6) is 5.75 Å². The number of hydrogen-bond acceptors (Lipinski definition) is 2. The van der Waals surface area contributed by atoms with Crippen LogP contribution in [-0.4, -0.2) is 30.5 Å². The van der Waals surface area contributed by atoms with Gasteiger partial charge in [0.05, 0.1) is 0 Å². The van der Waals surface area contributed by atoms with Crippen molar-refractivity contribution in [1.29, 1.82) is 0 Å². The first kappa shape index (κ1) is 15.2. The summed E-state index contributed by atoms with van der Waals surface area (Å²) in [7, 11) is 0. The number of ether oxygens (including phenoxy) is 1. The molecular formula is C16H22ClNO2. The van der Waals surface area contributed by atoms with Gasteiger partial charge in [-0.15, -0.1) is 0 Å². The minimum atomic E-state index is 0.0674. The monoisotopic (exact) mass is 295 g/mol. The Bertz CT molecular complexity index is 479. The summed E-state index contributed by atoms with van der Waals surface area (Å²) in [4.78, 5) is 14.1. The van der Waals surface area contributed by atoms with Gasteiger partial charge in [-0.25, -0.2) is 0 Å². The third kappa shape index (κ3) is 3.89. The van der Waals surface area contributed by atoms with Gasteiger partial charge in [0.25, 0.3) is 5.91 Å². The number of carbonyl (C=O) groups is 1. The van der Waals surface area contributed by atoms with Gasteiger partial charge in [-0.05, 0) is 48.9 Å². The summed E-state index contributed by atoms with van der Waals surface area (Å²) < 4.78 is 5.63. The standard InChI is InChI=1S/C16H22ClNO2/c1-11-6-12(2)9-18(8-11)16(19)10-20-15-5-4-14(17)7-13(15)3/h4-5,7,11-12H,6,8-10H2,1-3H3/t11-,12-/m0/s1. The second-order valence-electron chi connectivity index (χ2n) is 5.94. The Kier molecular flexibility index (Phi) is 4.92. The van der Waals surface area contributed by atoms with E-state index in [1.165, 1.54) is 6.42 Å². The molecule has 110 valence electrons. The Morgan fingerprint density at radius 1 is 1.35 bits per heavy atom. The number of carbonyl (C=O) groups excluding carboxylic acids is 1. The van der Waals surface area contributed by atoms with Crippen LogP contribution in [0.3, 0.4) is 0 Å². The molecule has 0 radical (unpaired) electrons. The van der Waals surface area contributed by atoms with E-state index in [0.29, 0.717) is 16.9 Å². The van der Waals surface area contributed by atoms with Crippen LogP contribution in [0.2, 0.25) is 5.02 Å². The molecule has 0 bridgehead atoms. The second kappa shape index (κ2) is 6.49. The summed E-state index contributed by atoms with van der Waals surface area (Å²) in [6, 6.07) is 5.43. The maximum Gasteiger partial charge on any atom is 0.260 e. The quantitative estimate of drug-likeness (QED) is 0.854. The Morgan fingerprint density at radius 3 is 2.60 bits per heavy atom. The topological polar surface area (TPSA) is 29.5 Å². The Morgan fingerprint density at radius 2 is 2.00 bits per heavy atom. The lowest BCUT2D eigenvalue weighted by Gasteiger charge is -2.34. The summed E-state index contributed by atoms with van der Waals surface area (Å²) >= 11 is 5.90. The molecule has 0 aliphatic carbocycles. The van der Waals surface area contributed by atoms with Crippen molar-refractivity contribution in [1.82, 2.24) is 4.90 Å². The maximum atomic E-state index is 12.2. The average molecular weight is 296 g/mol. The highest BCUT2D eigenvalue weighted by Gasteiger charge is 2.25. The zero-order valence-electron chi connectivity index (χ0n) is 12.4. The van der Waals surface area contributed by atoms with Crippen LogP contribution in [0.25, 0.3) is 0 Å². The number of benzene rings is 1. The lowest BCUT2D eigenvalue weighted by Crippen LogP contribution is -2.44. The van der Waals surface area contributed by atoms with Gasteiger partial charge in [0.15, 0.2) is 6.61 Å². The first-order valence-corrected chi connectivity index (χ1v) is 7.50. The molecule has 3 nitrogen and oxygen atoms in total. The van der Waals surface area contributed by atoms with Gasteiger partial charge in [0.1, 0.15) is 5.75 Å². The third-order valence-corrected chi connectivity index (χ3v) is 3.94. The van der Waals surface area contributed by atoms with Crippen LogP contribution in [0.4, 0.5) is 0 Å². The van der Waals surface area contributed by atoms with E-state index in [9.17, 15) is 4.79 Å². The van der Waals surface area contributed by atoms with E-state index in [4.69, 9.17) is 16.3 Å². The van der Waals surface area contributed by atoms with Gasteiger partial charge in [-0.3, -0.25) is 4.79 Å². The first-order chi connectivity index (χ1) is 9.45. The summed E-state index contributed by atoms with van der Waals surface area (Å²) in [5.74, 6) is 1.93. The first-order valence-electron chi connectivity index (χ1n) is 7.12. The van der Waals surface area contributed by atoms with Gasteiger partial charge < -0.3 is 9.64 Å². The van der Waals surface area contributed by atoms with Crippen LogP contribution in [-0.2, 0) is 4.79 Å². The fourth-order valence-corrected chi connectivity index (χ4v) is 3.10. The van der Waals surface area contributed by atoms with Crippen LogP contribution < -0.4 is 4.74 Å². The van der Waals surface area contributed by atoms with Crippen LogP contribution in [0.1, 0.15) is 25.8 Å². The van der Waals surface area contributed by atoms with E-state index in [1.807, 2.05) is 24.0 Å². The number of nitrogens with zero attached hydrogens (tertiary/aromatic N) is 1. The molecule has 1 aliphatic heterocycles. The van der Waals surface area contributed by atoms with Gasteiger partial charge in [0.2, 0.25) is 0 Å². The number of halogens is 1. The lowest BCUT2D eigenvalue weighted by molar-refractivity contribution is -0.136. The van der Waals surface area contributed by atoms with Crippen molar-refractivity contribution in [3.8, 4) is 5.75 Å². The van der Waals surface area contributed by atoms with E-state index >= 15 is 0 Å². The minimum Gasteiger partial charge on any atom is -0.483 e. The average Bonchev–Trinajstić information content (AvgIpc) is 2.36. The lowest BCUT2D eigenvalue weighted by atomic mass is 9.92. The molecule has 1 aromatic rings. The largest absolute Gasteiger partial charge is 0.483 e. The predicted molar refractivity (Wildman–Crippen MR) is 81.2 cm³/mol. The fraction of sp³-hybridized carbons (Fsp3) is 0.562. The van der Waals surface area contributed by atoms with E-state index in [0.717, 1.165) is 24.4 Å². The van der Waals surface area contributed by atoms with Crippen molar-refractivity contribution in [2.75, 3.05) is 19.7 Å². The Hall–Kier alpha value is -1.22. The fourth-order valence-electron chi connectivity index (χ4n) is 2.87. The normalized spacial score (nSPS) is 22.7. The van der Waals surface area contributed by atoms with Gasteiger partial charge in [0, 0.05) is 18.1 Å². The highest BCUT2D eigenvalue weighted by molar-refractivity contribution is 6.30. The zero-order chi connectivity index (χ0) is 14.7. The molecule has 0 saturated carbocycles. The third-order valence-electron chi connectivity index (χ3n) is 3.71. The van der Waals surface area contributed by atoms with Gasteiger partial charge in [-0.1, -0.05) is 25.4 Å². The molecule has 4 heteroatoms. The molecule has 0 unspecified atom stereocenters. The summed E-state index contributed by atoms with van der Waals surface area (Å²) in [6.45, 7) is 8.09. The second-order valence-corrected chi connectivity index (χ2v) is 6.38. The summed E-state index contributed by atoms with van der Waals surface area (Å²) in [5.41, 5.74) is 0.950. The molecule has 2 atom stereocenters. The predicted octanol–water partition coefficient (Wildman–Crippen LogP) is 3.53. The number of amides is 1. The number of piperidine rings is 1. The minimum absolute atomic E-state index is 0.0674. The van der Waals surface area contributed by atoms with E-state index in [2.05, 4.69) is 13.8 Å². The molecule has 0 aromatic heterocycles. The molecule has 1 aromatic carbocycles. The van der Waals surface area contributed by atoms with E-state index in [1.54, 1.807) is 6.07 Å². The number of hydrogen-bond donors (Lipinski definition) is 0. The Labute approximate surface area is 125 Å². The SMILES string of the molecule is Cc1cc(Cl)ccc1OCC(=O)N1C[C@@H](C)C[C@H](C)C1. The van der Waals surface area contributed by atoms with E-state index in [-0.39, 0.29) is 12.5 Å². The molecule has 20 heavy (non-hydrogen) atoms. The van der Waals surface area contributed by atoms with Crippen LogP contribution in [0.15, 0.2) is 18.2 Å². The number of rotatable bonds is 3. The van der Waals surface area contributed by atoms with Crippen molar-refractivity contribution < 1.29 is 9.53 Å².